The molecule has 30 heavy (non-hydrogen) atoms. The zero-order chi connectivity index (χ0) is 20.9. The van der Waals surface area contributed by atoms with Crippen molar-refractivity contribution in [1.82, 2.24) is 30.1 Å². The molecular formula is C22H23N7O. The predicted molar refractivity (Wildman–Crippen MR) is 113 cm³/mol. The molecule has 0 spiro atoms. The molecule has 1 atom stereocenters. The third-order valence-electron chi connectivity index (χ3n) is 4.63. The first kappa shape index (κ1) is 19.6. The van der Waals surface area contributed by atoms with Gasteiger partial charge in [-0.05, 0) is 36.6 Å². The van der Waals surface area contributed by atoms with Crippen molar-refractivity contribution >= 4 is 5.82 Å². The molecule has 4 aromatic rings. The first-order chi connectivity index (χ1) is 14.6. The lowest BCUT2D eigenvalue weighted by Gasteiger charge is -2.19. The fraction of sp³-hybridized carbons (Fsp3) is 0.273. The number of nitrogens with zero attached hydrogens (tertiary/aromatic N) is 6. The molecule has 4 rings (SSSR count). The van der Waals surface area contributed by atoms with Crippen molar-refractivity contribution in [3.05, 3.63) is 66.6 Å². The third kappa shape index (κ3) is 4.32. The van der Waals surface area contributed by atoms with Crippen LogP contribution in [0.5, 0.6) is 0 Å². The summed E-state index contributed by atoms with van der Waals surface area (Å²) < 4.78 is 5.58. The maximum absolute atomic E-state index is 5.58. The molecule has 4 heterocycles. The molecule has 1 N–H and O–H groups in total. The minimum absolute atomic E-state index is 0.186. The highest BCUT2D eigenvalue weighted by Gasteiger charge is 2.24. The lowest BCUT2D eigenvalue weighted by atomic mass is 10.0. The van der Waals surface area contributed by atoms with Crippen LogP contribution in [-0.4, -0.2) is 30.1 Å². The number of rotatable bonds is 7. The van der Waals surface area contributed by atoms with Gasteiger partial charge in [-0.2, -0.15) is 4.98 Å². The van der Waals surface area contributed by atoms with Crippen LogP contribution in [-0.2, 0) is 6.42 Å². The van der Waals surface area contributed by atoms with Gasteiger partial charge in [-0.1, -0.05) is 32.0 Å². The summed E-state index contributed by atoms with van der Waals surface area (Å²) >= 11 is 0. The van der Waals surface area contributed by atoms with Crippen molar-refractivity contribution in [1.29, 1.82) is 0 Å². The van der Waals surface area contributed by atoms with Gasteiger partial charge in [0.2, 0.25) is 11.7 Å². The van der Waals surface area contributed by atoms with E-state index in [1.807, 2.05) is 36.4 Å². The minimum Gasteiger partial charge on any atom is -0.358 e. The maximum Gasteiger partial charge on any atom is 0.249 e. The molecule has 8 nitrogen and oxygen atoms in total. The molecule has 0 aliphatic carbocycles. The summed E-state index contributed by atoms with van der Waals surface area (Å²) in [7, 11) is 0. The molecule has 0 aliphatic rings. The topological polar surface area (TPSA) is 103 Å². The number of hydrogen-bond donors (Lipinski definition) is 1. The average Bonchev–Trinajstić information content (AvgIpc) is 3.28. The Labute approximate surface area is 174 Å². The Bertz CT molecular complexity index is 1100. The highest BCUT2D eigenvalue weighted by atomic mass is 16.5. The highest BCUT2D eigenvalue weighted by molar-refractivity contribution is 5.54. The minimum atomic E-state index is -0.209. The van der Waals surface area contributed by atoms with Crippen LogP contribution in [0.3, 0.4) is 0 Å². The van der Waals surface area contributed by atoms with Gasteiger partial charge in [0.25, 0.3) is 0 Å². The quantitative estimate of drug-likeness (QED) is 0.487. The number of anilines is 1. The Hall–Kier alpha value is -3.68. The molecule has 0 amide bonds. The van der Waals surface area contributed by atoms with Crippen LogP contribution in [0.25, 0.3) is 22.9 Å². The number of nitrogens with one attached hydrogen (secondary N) is 1. The highest BCUT2D eigenvalue weighted by Crippen LogP contribution is 2.27. The van der Waals surface area contributed by atoms with Crippen molar-refractivity contribution in [3.8, 4) is 22.9 Å². The van der Waals surface area contributed by atoms with Crippen LogP contribution < -0.4 is 5.32 Å². The second kappa shape index (κ2) is 8.77. The van der Waals surface area contributed by atoms with E-state index in [1.54, 1.807) is 18.6 Å². The summed E-state index contributed by atoms with van der Waals surface area (Å²) in [5, 5.41) is 7.58. The Morgan fingerprint density at radius 1 is 1.00 bits per heavy atom. The van der Waals surface area contributed by atoms with Crippen LogP contribution >= 0.6 is 0 Å². The Morgan fingerprint density at radius 3 is 2.60 bits per heavy atom. The van der Waals surface area contributed by atoms with Crippen LogP contribution in [0.15, 0.2) is 59.5 Å². The molecule has 4 aromatic heterocycles. The van der Waals surface area contributed by atoms with E-state index in [1.165, 1.54) is 0 Å². The average molecular weight is 401 g/mol. The largest absolute Gasteiger partial charge is 0.358 e. The van der Waals surface area contributed by atoms with Gasteiger partial charge in [-0.3, -0.25) is 9.97 Å². The van der Waals surface area contributed by atoms with Gasteiger partial charge in [0.05, 0.1) is 0 Å². The number of aryl methyl sites for hydroxylation is 1. The maximum atomic E-state index is 5.58. The molecule has 1 unspecified atom stereocenters. The SMILES string of the molecule is CCc1cc(NC(c2nc(-c3cccnc3)no2)C(C)C)nc(-c2ccccn2)n1. The van der Waals surface area contributed by atoms with E-state index in [0.717, 1.165) is 23.4 Å². The van der Waals surface area contributed by atoms with Gasteiger partial charge in [0.1, 0.15) is 17.6 Å². The van der Waals surface area contributed by atoms with E-state index in [2.05, 4.69) is 56.2 Å². The van der Waals surface area contributed by atoms with Crippen LogP contribution in [0.1, 0.15) is 38.4 Å². The summed E-state index contributed by atoms with van der Waals surface area (Å²) in [6.07, 6.45) is 5.95. The van der Waals surface area contributed by atoms with Gasteiger partial charge in [0, 0.05) is 35.9 Å². The van der Waals surface area contributed by atoms with E-state index in [9.17, 15) is 0 Å². The molecule has 8 heteroatoms. The number of hydrogen-bond acceptors (Lipinski definition) is 8. The first-order valence-electron chi connectivity index (χ1n) is 9.94. The lowest BCUT2D eigenvalue weighted by molar-refractivity contribution is 0.335. The zero-order valence-electron chi connectivity index (χ0n) is 17.1. The first-order valence-corrected chi connectivity index (χ1v) is 9.94. The van der Waals surface area contributed by atoms with Crippen molar-refractivity contribution in [2.75, 3.05) is 5.32 Å². The van der Waals surface area contributed by atoms with Crippen molar-refractivity contribution in [2.45, 2.75) is 33.2 Å². The van der Waals surface area contributed by atoms with Gasteiger partial charge in [0.15, 0.2) is 5.82 Å². The van der Waals surface area contributed by atoms with E-state index in [0.29, 0.717) is 23.4 Å². The van der Waals surface area contributed by atoms with Gasteiger partial charge < -0.3 is 9.84 Å². The van der Waals surface area contributed by atoms with Crippen LogP contribution in [0.4, 0.5) is 5.82 Å². The summed E-state index contributed by atoms with van der Waals surface area (Å²) in [4.78, 5) is 22.4. The summed E-state index contributed by atoms with van der Waals surface area (Å²) in [6, 6.07) is 11.2. The molecule has 0 saturated heterocycles. The standard InChI is InChI=1S/C22H23N7O/c1-4-16-12-18(27-21(25-16)17-9-5-6-11-24-17)26-19(14(2)3)22-28-20(29-30-22)15-8-7-10-23-13-15/h5-14,19H,4H2,1-3H3,(H,25,26,27). The second-order valence-corrected chi connectivity index (χ2v) is 7.20. The van der Waals surface area contributed by atoms with E-state index >= 15 is 0 Å². The summed E-state index contributed by atoms with van der Waals surface area (Å²) in [6.45, 7) is 6.24. The van der Waals surface area contributed by atoms with Gasteiger partial charge >= 0.3 is 0 Å². The van der Waals surface area contributed by atoms with Gasteiger partial charge in [-0.15, -0.1) is 0 Å². The summed E-state index contributed by atoms with van der Waals surface area (Å²) in [5.41, 5.74) is 2.47. The molecule has 0 bridgehead atoms. The fourth-order valence-electron chi connectivity index (χ4n) is 3.01. The van der Waals surface area contributed by atoms with E-state index in [-0.39, 0.29) is 12.0 Å². The van der Waals surface area contributed by atoms with Crippen molar-refractivity contribution in [3.63, 3.8) is 0 Å². The lowest BCUT2D eigenvalue weighted by Crippen LogP contribution is -2.18. The molecule has 0 saturated carbocycles. The monoisotopic (exact) mass is 401 g/mol. The summed E-state index contributed by atoms with van der Waals surface area (Å²) in [5.74, 6) is 2.48. The Balaban J connectivity index is 1.65. The molecule has 0 radical (unpaired) electrons. The zero-order valence-corrected chi connectivity index (χ0v) is 17.1. The Kier molecular flexibility index (Phi) is 5.74. The Morgan fingerprint density at radius 2 is 1.90 bits per heavy atom. The van der Waals surface area contributed by atoms with Crippen LogP contribution in [0.2, 0.25) is 0 Å². The normalized spacial score (nSPS) is 12.1. The third-order valence-corrected chi connectivity index (χ3v) is 4.63. The number of pyridine rings is 2. The molecule has 152 valence electrons. The van der Waals surface area contributed by atoms with Gasteiger partial charge in [-0.25, -0.2) is 9.97 Å². The fourth-order valence-corrected chi connectivity index (χ4v) is 3.01. The molecule has 0 aromatic carbocycles. The van der Waals surface area contributed by atoms with Crippen LogP contribution in [0, 0.1) is 5.92 Å². The van der Waals surface area contributed by atoms with Crippen molar-refractivity contribution in [2.24, 2.45) is 5.92 Å². The van der Waals surface area contributed by atoms with Crippen molar-refractivity contribution < 1.29 is 4.52 Å². The number of aromatic nitrogens is 6. The second-order valence-electron chi connectivity index (χ2n) is 7.20. The molecular weight excluding hydrogens is 378 g/mol. The van der Waals surface area contributed by atoms with E-state index < -0.39 is 0 Å². The molecule has 0 aliphatic heterocycles. The smallest absolute Gasteiger partial charge is 0.249 e. The van der Waals surface area contributed by atoms with E-state index in [4.69, 9.17) is 4.52 Å². The predicted octanol–water partition coefficient (Wildman–Crippen LogP) is 4.36. The molecule has 0 fully saturated rings.